The van der Waals surface area contributed by atoms with Crippen LogP contribution in [0.5, 0.6) is 5.75 Å². The second-order valence-corrected chi connectivity index (χ2v) is 6.33. The molecule has 1 aromatic heterocycles. The molecule has 4 N–H and O–H groups in total. The lowest BCUT2D eigenvalue weighted by atomic mass is 10.0. The molecule has 0 aliphatic rings. The highest BCUT2D eigenvalue weighted by Crippen LogP contribution is 2.37. The summed E-state index contributed by atoms with van der Waals surface area (Å²) in [5.41, 5.74) is 8.00. The van der Waals surface area contributed by atoms with Crippen molar-refractivity contribution in [2.24, 2.45) is 5.73 Å². The van der Waals surface area contributed by atoms with Crippen molar-refractivity contribution in [3.8, 4) is 16.9 Å². The number of nitrogens with two attached hydrogens (primary N) is 1. The SMILES string of the molecule is NC(=O)c1cccc(-c2ccc(NCc3cccnc3Cl)cc2Cl)c1O. The zero-order valence-corrected chi connectivity index (χ0v) is 15.1. The van der Waals surface area contributed by atoms with E-state index >= 15 is 0 Å². The Morgan fingerprint density at radius 2 is 1.92 bits per heavy atom. The van der Waals surface area contributed by atoms with Gasteiger partial charge in [-0.2, -0.15) is 0 Å². The Hall–Kier alpha value is -2.76. The lowest BCUT2D eigenvalue weighted by Crippen LogP contribution is -2.11. The number of hydrogen-bond donors (Lipinski definition) is 3. The van der Waals surface area contributed by atoms with E-state index in [0.29, 0.717) is 27.8 Å². The van der Waals surface area contributed by atoms with Crippen LogP contribution in [0.3, 0.4) is 0 Å². The van der Waals surface area contributed by atoms with Crippen molar-refractivity contribution >= 4 is 34.8 Å². The van der Waals surface area contributed by atoms with Crippen molar-refractivity contribution < 1.29 is 9.90 Å². The number of carbonyl (C=O) groups excluding carboxylic acids is 1. The van der Waals surface area contributed by atoms with Crippen LogP contribution in [0.15, 0.2) is 54.7 Å². The maximum Gasteiger partial charge on any atom is 0.252 e. The molecular weight excluding hydrogens is 373 g/mol. The Morgan fingerprint density at radius 1 is 1.12 bits per heavy atom. The number of hydrogen-bond acceptors (Lipinski definition) is 4. The molecule has 0 fully saturated rings. The van der Waals surface area contributed by atoms with Gasteiger partial charge in [0.1, 0.15) is 10.9 Å². The van der Waals surface area contributed by atoms with Crippen molar-refractivity contribution in [1.29, 1.82) is 0 Å². The summed E-state index contributed by atoms with van der Waals surface area (Å²) in [6.45, 7) is 0.491. The van der Waals surface area contributed by atoms with Crippen LogP contribution in [0.2, 0.25) is 10.2 Å². The van der Waals surface area contributed by atoms with Gasteiger partial charge < -0.3 is 16.2 Å². The first-order valence-corrected chi connectivity index (χ1v) is 8.48. The molecule has 5 nitrogen and oxygen atoms in total. The highest BCUT2D eigenvalue weighted by molar-refractivity contribution is 6.33. The van der Waals surface area contributed by atoms with Crippen LogP contribution in [-0.2, 0) is 6.54 Å². The number of para-hydroxylation sites is 1. The van der Waals surface area contributed by atoms with Crippen molar-refractivity contribution in [2.75, 3.05) is 5.32 Å². The van der Waals surface area contributed by atoms with Crippen LogP contribution in [0.4, 0.5) is 5.69 Å². The van der Waals surface area contributed by atoms with Crippen LogP contribution < -0.4 is 11.1 Å². The summed E-state index contributed by atoms with van der Waals surface area (Å²) in [6.07, 6.45) is 1.63. The normalized spacial score (nSPS) is 10.5. The quantitative estimate of drug-likeness (QED) is 0.563. The largest absolute Gasteiger partial charge is 0.506 e. The zero-order valence-electron chi connectivity index (χ0n) is 13.5. The predicted molar refractivity (Wildman–Crippen MR) is 104 cm³/mol. The number of halogens is 2. The molecule has 0 bridgehead atoms. The number of primary amides is 1. The molecule has 2 aromatic carbocycles. The Labute approximate surface area is 160 Å². The van der Waals surface area contributed by atoms with E-state index < -0.39 is 5.91 Å². The third kappa shape index (κ3) is 3.74. The molecule has 0 spiro atoms. The number of benzene rings is 2. The maximum atomic E-state index is 11.4. The molecular formula is C19H15Cl2N3O2. The van der Waals surface area contributed by atoms with Gasteiger partial charge in [-0.1, -0.05) is 47.5 Å². The second kappa shape index (κ2) is 7.64. The highest BCUT2D eigenvalue weighted by Gasteiger charge is 2.15. The minimum Gasteiger partial charge on any atom is -0.506 e. The summed E-state index contributed by atoms with van der Waals surface area (Å²) >= 11 is 12.4. The Balaban J connectivity index is 1.86. The Bertz CT molecular complexity index is 977. The number of rotatable bonds is 5. The number of aromatic hydroxyl groups is 1. The molecule has 0 unspecified atom stereocenters. The van der Waals surface area contributed by atoms with Gasteiger partial charge >= 0.3 is 0 Å². The van der Waals surface area contributed by atoms with Gasteiger partial charge in [0, 0.05) is 35.1 Å². The lowest BCUT2D eigenvalue weighted by Gasteiger charge is -2.12. The number of anilines is 1. The van der Waals surface area contributed by atoms with E-state index in [-0.39, 0.29) is 11.3 Å². The number of carbonyl (C=O) groups is 1. The van der Waals surface area contributed by atoms with E-state index in [1.165, 1.54) is 6.07 Å². The van der Waals surface area contributed by atoms with Gasteiger partial charge in [0.2, 0.25) is 0 Å². The Morgan fingerprint density at radius 3 is 2.62 bits per heavy atom. The molecule has 0 aliphatic carbocycles. The number of aromatic nitrogens is 1. The number of nitrogens with one attached hydrogen (secondary N) is 1. The summed E-state index contributed by atoms with van der Waals surface area (Å²) in [5.74, 6) is -0.892. The van der Waals surface area contributed by atoms with Gasteiger partial charge in [0.15, 0.2) is 0 Å². The van der Waals surface area contributed by atoms with Crippen LogP contribution >= 0.6 is 23.2 Å². The first-order chi connectivity index (χ1) is 12.5. The van der Waals surface area contributed by atoms with Crippen molar-refractivity contribution in [3.63, 3.8) is 0 Å². The smallest absolute Gasteiger partial charge is 0.252 e. The van der Waals surface area contributed by atoms with Gasteiger partial charge in [-0.05, 0) is 24.3 Å². The average molecular weight is 388 g/mol. The third-order valence-corrected chi connectivity index (χ3v) is 4.53. The van der Waals surface area contributed by atoms with Gasteiger partial charge in [0.05, 0.1) is 10.6 Å². The van der Waals surface area contributed by atoms with Gasteiger partial charge in [0.25, 0.3) is 5.91 Å². The fourth-order valence-corrected chi connectivity index (χ4v) is 3.02. The molecule has 0 saturated heterocycles. The minimum absolute atomic E-state index is 0.0481. The summed E-state index contributed by atoms with van der Waals surface area (Å²) in [4.78, 5) is 15.4. The average Bonchev–Trinajstić information content (AvgIpc) is 2.61. The molecule has 3 rings (SSSR count). The van der Waals surface area contributed by atoms with E-state index in [9.17, 15) is 9.90 Å². The van der Waals surface area contributed by atoms with E-state index in [1.54, 1.807) is 30.5 Å². The Kier molecular flexibility index (Phi) is 5.30. The molecule has 3 aromatic rings. The monoisotopic (exact) mass is 387 g/mol. The first-order valence-electron chi connectivity index (χ1n) is 7.72. The van der Waals surface area contributed by atoms with Gasteiger partial charge in [-0.25, -0.2) is 4.98 Å². The standard InChI is InChI=1S/C19H15Cl2N3O2/c20-16-9-12(24-10-11-3-2-8-23-18(11)21)6-7-13(16)14-4-1-5-15(17(14)25)19(22)26/h1-9,24-25H,10H2,(H2,22,26). The van der Waals surface area contributed by atoms with Crippen LogP contribution in [-0.4, -0.2) is 16.0 Å². The van der Waals surface area contributed by atoms with E-state index in [2.05, 4.69) is 10.3 Å². The summed E-state index contributed by atoms with van der Waals surface area (Å²) in [5, 5.41) is 14.4. The van der Waals surface area contributed by atoms with Crippen LogP contribution in [0.1, 0.15) is 15.9 Å². The maximum absolute atomic E-state index is 11.4. The molecule has 1 heterocycles. The van der Waals surface area contributed by atoms with Crippen molar-refractivity contribution in [3.05, 3.63) is 76.0 Å². The van der Waals surface area contributed by atoms with Crippen LogP contribution in [0, 0.1) is 0 Å². The fraction of sp³-hybridized carbons (Fsp3) is 0.0526. The fourth-order valence-electron chi connectivity index (χ4n) is 2.55. The molecule has 0 saturated carbocycles. The van der Waals surface area contributed by atoms with E-state index in [1.807, 2.05) is 18.2 Å². The van der Waals surface area contributed by atoms with Crippen molar-refractivity contribution in [2.45, 2.75) is 6.54 Å². The number of phenols is 1. The molecule has 0 radical (unpaired) electrons. The van der Waals surface area contributed by atoms with Gasteiger partial charge in [-0.15, -0.1) is 0 Å². The lowest BCUT2D eigenvalue weighted by molar-refractivity contribution is 0.0998. The third-order valence-electron chi connectivity index (χ3n) is 3.88. The molecule has 7 heteroatoms. The highest BCUT2D eigenvalue weighted by atomic mass is 35.5. The molecule has 1 amide bonds. The summed E-state index contributed by atoms with van der Waals surface area (Å²) in [7, 11) is 0. The zero-order chi connectivity index (χ0) is 18.7. The van der Waals surface area contributed by atoms with Gasteiger partial charge in [-0.3, -0.25) is 4.79 Å². The molecule has 0 atom stereocenters. The topological polar surface area (TPSA) is 88.2 Å². The predicted octanol–water partition coefficient (Wildman–Crippen LogP) is 4.47. The number of nitrogens with zero attached hydrogens (tertiary/aromatic N) is 1. The van der Waals surface area contributed by atoms with E-state index in [0.717, 1.165) is 11.3 Å². The second-order valence-electron chi connectivity index (χ2n) is 5.57. The summed E-state index contributed by atoms with van der Waals surface area (Å²) in [6, 6.07) is 13.8. The number of amides is 1. The van der Waals surface area contributed by atoms with E-state index in [4.69, 9.17) is 28.9 Å². The molecule has 0 aliphatic heterocycles. The minimum atomic E-state index is -0.702. The molecule has 132 valence electrons. The van der Waals surface area contributed by atoms with Crippen molar-refractivity contribution in [1.82, 2.24) is 4.98 Å². The van der Waals surface area contributed by atoms with Crippen LogP contribution in [0.25, 0.3) is 11.1 Å². The summed E-state index contributed by atoms with van der Waals surface area (Å²) < 4.78 is 0. The number of pyridine rings is 1. The first kappa shape index (κ1) is 18.0. The molecule has 26 heavy (non-hydrogen) atoms.